The highest BCUT2D eigenvalue weighted by atomic mass is 32.2. The van der Waals surface area contributed by atoms with Crippen LogP contribution in [0.4, 0.5) is 0 Å². The summed E-state index contributed by atoms with van der Waals surface area (Å²) in [5, 5.41) is 2.97. The third-order valence-electron chi connectivity index (χ3n) is 3.85. The highest BCUT2D eigenvalue weighted by Crippen LogP contribution is 2.54. The third kappa shape index (κ3) is 2.76. The Kier molecular flexibility index (Phi) is 4.01. The van der Waals surface area contributed by atoms with E-state index in [1.165, 1.54) is 29.9 Å². The zero-order chi connectivity index (χ0) is 13.4. The van der Waals surface area contributed by atoms with Gasteiger partial charge in [0.05, 0.1) is 4.99 Å². The van der Waals surface area contributed by atoms with Gasteiger partial charge in [-0.3, -0.25) is 0 Å². The second kappa shape index (κ2) is 5.58. The van der Waals surface area contributed by atoms with Crippen molar-refractivity contribution in [3.63, 3.8) is 0 Å². The first kappa shape index (κ1) is 13.6. The van der Waals surface area contributed by atoms with E-state index < -0.39 is 0 Å². The fraction of sp³-hybridized carbons (Fsp3) is 0.615. The van der Waals surface area contributed by atoms with Gasteiger partial charge in [-0.2, -0.15) is 0 Å². The molecule has 3 rings (SSSR count). The first-order valence-electron chi connectivity index (χ1n) is 6.57. The van der Waals surface area contributed by atoms with Crippen molar-refractivity contribution in [1.29, 1.82) is 0 Å². The zero-order valence-electron chi connectivity index (χ0n) is 10.8. The van der Waals surface area contributed by atoms with Crippen molar-refractivity contribution >= 4 is 40.7 Å². The van der Waals surface area contributed by atoms with E-state index in [9.17, 15) is 0 Å². The van der Waals surface area contributed by atoms with E-state index >= 15 is 0 Å². The van der Waals surface area contributed by atoms with Crippen LogP contribution in [0.15, 0.2) is 16.4 Å². The van der Waals surface area contributed by atoms with Crippen LogP contribution in [0.2, 0.25) is 0 Å². The summed E-state index contributed by atoms with van der Waals surface area (Å²) in [7, 11) is 0. The highest BCUT2D eigenvalue weighted by molar-refractivity contribution is 8.01. The van der Waals surface area contributed by atoms with Crippen LogP contribution in [0, 0.1) is 5.92 Å². The second-order valence-electron chi connectivity index (χ2n) is 5.33. The molecule has 6 heteroatoms. The number of aromatic nitrogens is 2. The highest BCUT2D eigenvalue weighted by Gasteiger charge is 2.40. The normalized spacial score (nSPS) is 28.8. The molecular formula is C13H17N3S3. The minimum absolute atomic E-state index is 0.539. The van der Waals surface area contributed by atoms with Crippen LogP contribution in [0.3, 0.4) is 0 Å². The average Bonchev–Trinajstić information content (AvgIpc) is 2.73. The minimum Gasteiger partial charge on any atom is -0.393 e. The van der Waals surface area contributed by atoms with Gasteiger partial charge in [0.2, 0.25) is 0 Å². The smallest absolute Gasteiger partial charge is 0.118 e. The fourth-order valence-corrected chi connectivity index (χ4v) is 5.64. The number of fused-ring (bicyclic) bond motifs is 3. The van der Waals surface area contributed by atoms with E-state index in [0.29, 0.717) is 21.9 Å². The number of nitrogens with two attached hydrogens (primary N) is 1. The number of thioether (sulfide) groups is 2. The molecule has 0 aromatic carbocycles. The standard InChI is InChI=1S/C13H17N3S3/c1-7-2-3-8-9(4-7)19-13-11(8)12(15-6-16-13)18-5-10(14)17/h6-9H,2-5H2,1H3,(H2,14,17). The van der Waals surface area contributed by atoms with Crippen molar-refractivity contribution in [2.75, 3.05) is 5.75 Å². The largest absolute Gasteiger partial charge is 0.393 e. The molecule has 0 spiro atoms. The van der Waals surface area contributed by atoms with Crippen LogP contribution in [-0.4, -0.2) is 26.0 Å². The number of rotatable bonds is 3. The Hall–Kier alpha value is -0.330. The molecule has 2 N–H and O–H groups in total. The molecule has 0 bridgehead atoms. The molecule has 1 aromatic heterocycles. The van der Waals surface area contributed by atoms with Gasteiger partial charge in [0.1, 0.15) is 16.4 Å². The van der Waals surface area contributed by atoms with Gasteiger partial charge in [0, 0.05) is 22.5 Å². The van der Waals surface area contributed by atoms with Gasteiger partial charge in [-0.15, -0.1) is 11.8 Å². The molecule has 0 amide bonds. The first-order chi connectivity index (χ1) is 9.15. The van der Waals surface area contributed by atoms with Gasteiger partial charge in [-0.25, -0.2) is 9.97 Å². The summed E-state index contributed by atoms with van der Waals surface area (Å²) in [5.74, 6) is 2.13. The van der Waals surface area contributed by atoms with Crippen molar-refractivity contribution in [1.82, 2.24) is 9.97 Å². The van der Waals surface area contributed by atoms with E-state index in [2.05, 4.69) is 16.9 Å². The maximum Gasteiger partial charge on any atom is 0.118 e. The Bertz CT molecular complexity index is 506. The monoisotopic (exact) mass is 311 g/mol. The van der Waals surface area contributed by atoms with Crippen molar-refractivity contribution in [3.8, 4) is 0 Å². The van der Waals surface area contributed by atoms with Crippen molar-refractivity contribution in [3.05, 3.63) is 11.9 Å². The summed E-state index contributed by atoms with van der Waals surface area (Å²) in [6, 6.07) is 0. The molecule has 0 radical (unpaired) electrons. The van der Waals surface area contributed by atoms with E-state index in [0.717, 1.165) is 10.9 Å². The number of thiocarbonyl (C=S) groups is 1. The lowest BCUT2D eigenvalue weighted by molar-refractivity contribution is 0.358. The topological polar surface area (TPSA) is 51.8 Å². The molecule has 0 saturated heterocycles. The Morgan fingerprint density at radius 2 is 2.37 bits per heavy atom. The number of hydrogen-bond acceptors (Lipinski definition) is 5. The molecule has 1 aliphatic carbocycles. The predicted octanol–water partition coefficient (Wildman–Crippen LogP) is 3.23. The van der Waals surface area contributed by atoms with Crippen LogP contribution < -0.4 is 5.73 Å². The van der Waals surface area contributed by atoms with E-state index in [-0.39, 0.29) is 0 Å². The van der Waals surface area contributed by atoms with Gasteiger partial charge in [0.25, 0.3) is 0 Å². The second-order valence-corrected chi connectivity index (χ2v) is 8.05. The molecule has 3 unspecified atom stereocenters. The maximum absolute atomic E-state index is 5.60. The first-order valence-corrected chi connectivity index (χ1v) is 8.85. The summed E-state index contributed by atoms with van der Waals surface area (Å²) in [6.45, 7) is 2.36. The van der Waals surface area contributed by atoms with Crippen LogP contribution in [0.25, 0.3) is 0 Å². The average molecular weight is 312 g/mol. The van der Waals surface area contributed by atoms with Gasteiger partial charge >= 0.3 is 0 Å². The van der Waals surface area contributed by atoms with Crippen LogP contribution in [0.1, 0.15) is 37.7 Å². The molecular weight excluding hydrogens is 294 g/mol. The molecule has 1 aliphatic heterocycles. The van der Waals surface area contributed by atoms with Crippen molar-refractivity contribution < 1.29 is 0 Å². The molecule has 1 fully saturated rings. The quantitative estimate of drug-likeness (QED) is 0.525. The lowest BCUT2D eigenvalue weighted by Gasteiger charge is -2.29. The Labute approximate surface area is 127 Å². The predicted molar refractivity (Wildman–Crippen MR) is 84.9 cm³/mol. The van der Waals surface area contributed by atoms with E-state index in [1.54, 1.807) is 18.1 Å². The maximum atomic E-state index is 5.60. The summed E-state index contributed by atoms with van der Waals surface area (Å²) in [5.41, 5.74) is 6.96. The van der Waals surface area contributed by atoms with Crippen LogP contribution >= 0.6 is 35.7 Å². The number of nitrogens with zero attached hydrogens (tertiary/aromatic N) is 2. The molecule has 3 nitrogen and oxygen atoms in total. The van der Waals surface area contributed by atoms with Crippen molar-refractivity contribution in [2.24, 2.45) is 11.7 Å². The van der Waals surface area contributed by atoms with E-state index in [1.807, 2.05) is 11.8 Å². The zero-order valence-corrected chi connectivity index (χ0v) is 13.3. The van der Waals surface area contributed by atoms with Gasteiger partial charge in [-0.05, 0) is 18.8 Å². The Balaban J connectivity index is 1.87. The molecule has 102 valence electrons. The SMILES string of the molecule is CC1CCC2c3c(SCC(N)=S)ncnc3SC2C1. The third-order valence-corrected chi connectivity index (χ3v) is 6.60. The fourth-order valence-electron chi connectivity index (χ4n) is 2.96. The molecule has 2 heterocycles. The molecule has 2 aliphatic rings. The molecule has 1 saturated carbocycles. The molecule has 19 heavy (non-hydrogen) atoms. The number of hydrogen-bond donors (Lipinski definition) is 1. The van der Waals surface area contributed by atoms with Crippen LogP contribution in [-0.2, 0) is 0 Å². The lowest BCUT2D eigenvalue weighted by Crippen LogP contribution is -2.21. The minimum atomic E-state index is 0.539. The summed E-state index contributed by atoms with van der Waals surface area (Å²) < 4.78 is 0. The summed E-state index contributed by atoms with van der Waals surface area (Å²) in [4.78, 5) is 9.47. The molecule has 3 atom stereocenters. The van der Waals surface area contributed by atoms with Crippen molar-refractivity contribution in [2.45, 2.75) is 47.4 Å². The lowest BCUT2D eigenvalue weighted by atomic mass is 9.80. The summed E-state index contributed by atoms with van der Waals surface area (Å²) in [6.07, 6.45) is 5.55. The van der Waals surface area contributed by atoms with Crippen LogP contribution in [0.5, 0.6) is 0 Å². The summed E-state index contributed by atoms with van der Waals surface area (Å²) >= 11 is 8.56. The Morgan fingerprint density at radius 3 is 3.16 bits per heavy atom. The van der Waals surface area contributed by atoms with Gasteiger partial charge in [-0.1, -0.05) is 37.3 Å². The molecule has 1 aromatic rings. The van der Waals surface area contributed by atoms with Gasteiger partial charge < -0.3 is 5.73 Å². The van der Waals surface area contributed by atoms with E-state index in [4.69, 9.17) is 18.0 Å². The Morgan fingerprint density at radius 1 is 1.53 bits per heavy atom. The van der Waals surface area contributed by atoms with Gasteiger partial charge in [0.15, 0.2) is 0 Å².